The first-order chi connectivity index (χ1) is 11.6. The third-order valence-electron chi connectivity index (χ3n) is 4.61. The number of aryl methyl sites for hydroxylation is 1. The standard InChI is InChI=1S/C19H25N3O2/c1-2-15-6-7-18(20-15)19(24)21-16-8-10-22(11-9-16)13-14-4-3-5-17(23)12-14/h3-7,12,16,20,23H,2,8-11,13H2,1H3,(H,21,24). The van der Waals surface area contributed by atoms with E-state index in [1.54, 1.807) is 6.07 Å². The number of likely N-dealkylation sites (tertiary alicyclic amines) is 1. The van der Waals surface area contributed by atoms with E-state index in [0.717, 1.165) is 50.2 Å². The molecule has 0 bridgehead atoms. The molecule has 0 aliphatic carbocycles. The average molecular weight is 327 g/mol. The van der Waals surface area contributed by atoms with E-state index in [9.17, 15) is 9.90 Å². The molecule has 0 atom stereocenters. The van der Waals surface area contributed by atoms with Gasteiger partial charge >= 0.3 is 0 Å². The Morgan fingerprint density at radius 3 is 2.75 bits per heavy atom. The summed E-state index contributed by atoms with van der Waals surface area (Å²) in [4.78, 5) is 17.8. The molecule has 0 saturated carbocycles. The molecular weight excluding hydrogens is 302 g/mol. The predicted octanol–water partition coefficient (Wildman–Crippen LogP) is 2.68. The van der Waals surface area contributed by atoms with Crippen molar-refractivity contribution in [1.29, 1.82) is 0 Å². The lowest BCUT2D eigenvalue weighted by molar-refractivity contribution is 0.0904. The van der Waals surface area contributed by atoms with Gasteiger partial charge in [0.1, 0.15) is 11.4 Å². The van der Waals surface area contributed by atoms with Crippen molar-refractivity contribution < 1.29 is 9.90 Å². The zero-order valence-electron chi connectivity index (χ0n) is 14.1. The minimum absolute atomic E-state index is 0.0128. The van der Waals surface area contributed by atoms with Crippen molar-refractivity contribution in [3.8, 4) is 5.75 Å². The van der Waals surface area contributed by atoms with E-state index in [0.29, 0.717) is 11.4 Å². The van der Waals surface area contributed by atoms with Crippen LogP contribution in [0.25, 0.3) is 0 Å². The molecule has 5 nitrogen and oxygen atoms in total. The molecule has 5 heteroatoms. The molecule has 1 saturated heterocycles. The molecule has 24 heavy (non-hydrogen) atoms. The highest BCUT2D eigenvalue weighted by atomic mass is 16.3. The normalized spacial score (nSPS) is 16.2. The van der Waals surface area contributed by atoms with Crippen LogP contribution in [-0.2, 0) is 13.0 Å². The molecule has 128 valence electrons. The van der Waals surface area contributed by atoms with Crippen LogP contribution in [-0.4, -0.2) is 40.0 Å². The van der Waals surface area contributed by atoms with Gasteiger partial charge in [0.15, 0.2) is 0 Å². The van der Waals surface area contributed by atoms with Crippen LogP contribution in [0.1, 0.15) is 41.5 Å². The number of piperidine rings is 1. The fraction of sp³-hybridized carbons (Fsp3) is 0.421. The molecule has 0 radical (unpaired) electrons. The number of phenolic OH excluding ortho intramolecular Hbond substituents is 1. The second-order valence-corrected chi connectivity index (χ2v) is 6.44. The summed E-state index contributed by atoms with van der Waals surface area (Å²) in [6.07, 6.45) is 2.80. The fourth-order valence-corrected chi connectivity index (χ4v) is 3.19. The van der Waals surface area contributed by atoms with Gasteiger partial charge in [-0.25, -0.2) is 0 Å². The number of nitrogens with one attached hydrogen (secondary N) is 2. The van der Waals surface area contributed by atoms with Crippen molar-refractivity contribution >= 4 is 5.91 Å². The highest BCUT2D eigenvalue weighted by Crippen LogP contribution is 2.17. The van der Waals surface area contributed by atoms with Gasteiger partial charge in [-0.2, -0.15) is 0 Å². The van der Waals surface area contributed by atoms with Gasteiger partial charge in [-0.3, -0.25) is 9.69 Å². The first-order valence-corrected chi connectivity index (χ1v) is 8.63. The third-order valence-corrected chi connectivity index (χ3v) is 4.61. The number of hydrogen-bond acceptors (Lipinski definition) is 3. The van der Waals surface area contributed by atoms with Gasteiger partial charge in [0.25, 0.3) is 5.91 Å². The van der Waals surface area contributed by atoms with Crippen molar-refractivity contribution in [2.24, 2.45) is 0 Å². The number of hydrogen-bond donors (Lipinski definition) is 3. The lowest BCUT2D eigenvalue weighted by Gasteiger charge is -2.32. The Bertz CT molecular complexity index is 687. The topological polar surface area (TPSA) is 68.4 Å². The Balaban J connectivity index is 1.47. The number of aromatic nitrogens is 1. The van der Waals surface area contributed by atoms with Crippen molar-refractivity contribution in [2.45, 2.75) is 38.8 Å². The Labute approximate surface area is 142 Å². The maximum atomic E-state index is 12.3. The van der Waals surface area contributed by atoms with Crippen LogP contribution >= 0.6 is 0 Å². The molecule has 1 aliphatic heterocycles. The molecular formula is C19H25N3O2. The molecule has 1 aromatic heterocycles. The summed E-state index contributed by atoms with van der Waals surface area (Å²) < 4.78 is 0. The monoisotopic (exact) mass is 327 g/mol. The minimum Gasteiger partial charge on any atom is -0.508 e. The van der Waals surface area contributed by atoms with Crippen LogP contribution < -0.4 is 5.32 Å². The van der Waals surface area contributed by atoms with Crippen molar-refractivity contribution in [2.75, 3.05) is 13.1 Å². The van der Waals surface area contributed by atoms with Gasteiger partial charge in [0.2, 0.25) is 0 Å². The van der Waals surface area contributed by atoms with Crippen molar-refractivity contribution in [3.63, 3.8) is 0 Å². The quantitative estimate of drug-likeness (QED) is 0.791. The number of benzene rings is 1. The predicted molar refractivity (Wildman–Crippen MR) is 94.0 cm³/mol. The Morgan fingerprint density at radius 2 is 2.08 bits per heavy atom. The van der Waals surface area contributed by atoms with Crippen LogP contribution in [0.4, 0.5) is 0 Å². The maximum absolute atomic E-state index is 12.3. The third kappa shape index (κ3) is 4.17. The molecule has 1 fully saturated rings. The molecule has 1 aliphatic rings. The molecule has 2 heterocycles. The van der Waals surface area contributed by atoms with E-state index in [2.05, 4.69) is 22.1 Å². The van der Waals surface area contributed by atoms with Crippen LogP contribution in [0.15, 0.2) is 36.4 Å². The second-order valence-electron chi connectivity index (χ2n) is 6.44. The van der Waals surface area contributed by atoms with Gasteiger partial charge in [-0.15, -0.1) is 0 Å². The largest absolute Gasteiger partial charge is 0.508 e. The number of amides is 1. The number of rotatable bonds is 5. The number of carbonyl (C=O) groups is 1. The summed E-state index contributed by atoms with van der Waals surface area (Å²) in [6, 6.07) is 11.5. The average Bonchev–Trinajstić information content (AvgIpc) is 3.06. The Morgan fingerprint density at radius 1 is 1.29 bits per heavy atom. The smallest absolute Gasteiger partial charge is 0.267 e. The molecule has 0 spiro atoms. The number of carbonyl (C=O) groups excluding carboxylic acids is 1. The summed E-state index contributed by atoms with van der Waals surface area (Å²) in [5, 5.41) is 12.7. The van der Waals surface area contributed by atoms with E-state index in [4.69, 9.17) is 0 Å². The summed E-state index contributed by atoms with van der Waals surface area (Å²) >= 11 is 0. The molecule has 1 aromatic carbocycles. The number of H-pyrrole nitrogens is 1. The number of aromatic hydroxyl groups is 1. The van der Waals surface area contributed by atoms with Crippen LogP contribution in [0.2, 0.25) is 0 Å². The highest BCUT2D eigenvalue weighted by molar-refractivity contribution is 5.92. The van der Waals surface area contributed by atoms with E-state index >= 15 is 0 Å². The molecule has 3 rings (SSSR count). The van der Waals surface area contributed by atoms with Crippen LogP contribution in [0.5, 0.6) is 5.75 Å². The summed E-state index contributed by atoms with van der Waals surface area (Å²) in [7, 11) is 0. The van der Waals surface area contributed by atoms with Gasteiger partial charge in [-0.1, -0.05) is 19.1 Å². The van der Waals surface area contributed by atoms with Gasteiger partial charge in [0.05, 0.1) is 0 Å². The second kappa shape index (κ2) is 7.53. The van der Waals surface area contributed by atoms with Crippen molar-refractivity contribution in [3.05, 3.63) is 53.3 Å². The lowest BCUT2D eigenvalue weighted by atomic mass is 10.0. The summed E-state index contributed by atoms with van der Waals surface area (Å²) in [6.45, 7) is 4.80. The van der Waals surface area contributed by atoms with E-state index in [1.165, 1.54) is 0 Å². The molecule has 2 aromatic rings. The Hall–Kier alpha value is -2.27. The van der Waals surface area contributed by atoms with Gasteiger partial charge < -0.3 is 15.4 Å². The number of phenols is 1. The SMILES string of the molecule is CCc1ccc(C(=O)NC2CCN(Cc3cccc(O)c3)CC2)[nH]1. The lowest BCUT2D eigenvalue weighted by Crippen LogP contribution is -2.44. The van der Waals surface area contributed by atoms with Gasteiger partial charge in [-0.05, 0) is 49.1 Å². The zero-order chi connectivity index (χ0) is 16.9. The van der Waals surface area contributed by atoms with Crippen LogP contribution in [0.3, 0.4) is 0 Å². The van der Waals surface area contributed by atoms with Crippen LogP contribution in [0, 0.1) is 0 Å². The van der Waals surface area contributed by atoms with Gasteiger partial charge in [0, 0.05) is 31.4 Å². The van der Waals surface area contributed by atoms with E-state index in [1.807, 2.05) is 30.3 Å². The molecule has 0 unspecified atom stereocenters. The first-order valence-electron chi connectivity index (χ1n) is 8.63. The first kappa shape index (κ1) is 16.6. The Kier molecular flexibility index (Phi) is 5.20. The van der Waals surface area contributed by atoms with E-state index in [-0.39, 0.29) is 11.9 Å². The molecule has 3 N–H and O–H groups in total. The number of aromatic amines is 1. The zero-order valence-corrected chi connectivity index (χ0v) is 14.1. The van der Waals surface area contributed by atoms with Crippen molar-refractivity contribution in [1.82, 2.24) is 15.2 Å². The highest BCUT2D eigenvalue weighted by Gasteiger charge is 2.21. The maximum Gasteiger partial charge on any atom is 0.267 e. The minimum atomic E-state index is -0.0128. The summed E-state index contributed by atoms with van der Waals surface area (Å²) in [5.74, 6) is 0.299. The summed E-state index contributed by atoms with van der Waals surface area (Å²) in [5.41, 5.74) is 2.85. The fourth-order valence-electron chi connectivity index (χ4n) is 3.19. The number of nitrogens with zero attached hydrogens (tertiary/aromatic N) is 1. The molecule has 1 amide bonds. The van der Waals surface area contributed by atoms with E-state index < -0.39 is 0 Å².